The first kappa shape index (κ1) is 11.5. The van der Waals surface area contributed by atoms with Crippen LogP contribution in [0.15, 0.2) is 24.3 Å². The van der Waals surface area contributed by atoms with E-state index in [-0.39, 0.29) is 5.69 Å². The fourth-order valence-electron chi connectivity index (χ4n) is 0.897. The van der Waals surface area contributed by atoms with Crippen LogP contribution >= 0.6 is 11.6 Å². The third kappa shape index (κ3) is 3.21. The molecule has 1 aromatic carbocycles. The number of nitro groups is 1. The quantitative estimate of drug-likeness (QED) is 0.451. The molecule has 0 heterocycles. The zero-order valence-electron chi connectivity index (χ0n) is 7.84. The first-order chi connectivity index (χ1) is 7.00. The van der Waals surface area contributed by atoms with Gasteiger partial charge in [0.25, 0.3) is 10.9 Å². The van der Waals surface area contributed by atoms with Gasteiger partial charge in [-0.2, -0.15) is 0 Å². The second-order valence-corrected chi connectivity index (χ2v) is 3.19. The van der Waals surface area contributed by atoms with Crippen molar-refractivity contribution in [3.8, 4) is 5.75 Å². The third-order valence-electron chi connectivity index (χ3n) is 1.68. The summed E-state index contributed by atoms with van der Waals surface area (Å²) in [7, 11) is 0. The highest BCUT2D eigenvalue weighted by molar-refractivity contribution is 6.64. The number of benzene rings is 1. The number of nitrogens with zero attached hydrogens (tertiary/aromatic N) is 1. The highest BCUT2D eigenvalue weighted by Gasteiger charge is 2.12. The van der Waals surface area contributed by atoms with Crippen molar-refractivity contribution >= 4 is 22.5 Å². The Morgan fingerprint density at radius 3 is 2.40 bits per heavy atom. The Kier molecular flexibility index (Phi) is 3.62. The van der Waals surface area contributed by atoms with Gasteiger partial charge in [-0.15, -0.1) is 0 Å². The fraction of sp³-hybridized carbons (Fsp3) is 0.222. The van der Waals surface area contributed by atoms with Crippen LogP contribution in [0.25, 0.3) is 0 Å². The van der Waals surface area contributed by atoms with Crippen molar-refractivity contribution in [3.63, 3.8) is 0 Å². The maximum absolute atomic E-state index is 10.7. The Hall–Kier alpha value is -1.62. The molecule has 0 aliphatic rings. The molecule has 0 aliphatic carbocycles. The minimum absolute atomic E-state index is 0.0350. The van der Waals surface area contributed by atoms with Gasteiger partial charge in [-0.3, -0.25) is 14.9 Å². The SMILES string of the molecule is CC(Oc1ccc([N+](=O)[O-])cc1)C(=O)Cl. The van der Waals surface area contributed by atoms with E-state index in [1.165, 1.54) is 31.2 Å². The maximum atomic E-state index is 10.7. The predicted molar refractivity (Wildman–Crippen MR) is 54.0 cm³/mol. The Labute approximate surface area is 90.8 Å². The number of non-ortho nitro benzene ring substituents is 1. The molecule has 1 atom stereocenters. The average Bonchev–Trinajstić information content (AvgIpc) is 2.18. The molecule has 1 unspecified atom stereocenters. The summed E-state index contributed by atoms with van der Waals surface area (Å²) in [6.45, 7) is 1.50. The monoisotopic (exact) mass is 229 g/mol. The number of nitro benzene ring substituents is 1. The molecule has 5 nitrogen and oxygen atoms in total. The van der Waals surface area contributed by atoms with Crippen LogP contribution < -0.4 is 4.74 Å². The van der Waals surface area contributed by atoms with Crippen molar-refractivity contribution in [3.05, 3.63) is 34.4 Å². The summed E-state index contributed by atoms with van der Waals surface area (Å²) in [6.07, 6.45) is -0.770. The number of carbonyl (C=O) groups is 1. The minimum Gasteiger partial charge on any atom is -0.482 e. The number of halogens is 1. The smallest absolute Gasteiger partial charge is 0.269 e. The summed E-state index contributed by atoms with van der Waals surface area (Å²) in [5.41, 5.74) is -0.0350. The zero-order valence-corrected chi connectivity index (χ0v) is 8.60. The lowest BCUT2D eigenvalue weighted by Gasteiger charge is -2.09. The van der Waals surface area contributed by atoms with Crippen molar-refractivity contribution < 1.29 is 14.5 Å². The van der Waals surface area contributed by atoms with Crippen molar-refractivity contribution in [1.82, 2.24) is 0 Å². The number of rotatable bonds is 4. The minimum atomic E-state index is -0.770. The van der Waals surface area contributed by atoms with Crippen molar-refractivity contribution in [2.24, 2.45) is 0 Å². The highest BCUT2D eigenvalue weighted by Crippen LogP contribution is 2.18. The summed E-state index contributed by atoms with van der Waals surface area (Å²) in [5, 5.41) is 9.71. The number of ether oxygens (including phenoxy) is 1. The normalized spacial score (nSPS) is 11.9. The van der Waals surface area contributed by atoms with Crippen LogP contribution in [0.1, 0.15) is 6.92 Å². The van der Waals surface area contributed by atoms with Gasteiger partial charge < -0.3 is 4.74 Å². The van der Waals surface area contributed by atoms with Crippen LogP contribution in [-0.4, -0.2) is 16.3 Å². The molecule has 6 heteroatoms. The van der Waals surface area contributed by atoms with Crippen LogP contribution in [0.4, 0.5) is 5.69 Å². The first-order valence-electron chi connectivity index (χ1n) is 4.11. The fourth-order valence-corrected chi connectivity index (χ4v) is 0.941. The van der Waals surface area contributed by atoms with Crippen LogP contribution in [0.2, 0.25) is 0 Å². The Balaban J connectivity index is 2.72. The molecule has 0 N–H and O–H groups in total. The molecular weight excluding hydrogens is 222 g/mol. The first-order valence-corrected chi connectivity index (χ1v) is 4.49. The van der Waals surface area contributed by atoms with Crippen LogP contribution in [0.5, 0.6) is 5.75 Å². The highest BCUT2D eigenvalue weighted by atomic mass is 35.5. The zero-order chi connectivity index (χ0) is 11.4. The van der Waals surface area contributed by atoms with E-state index in [1.807, 2.05) is 0 Å². The van der Waals surface area contributed by atoms with Crippen molar-refractivity contribution in [1.29, 1.82) is 0 Å². The molecule has 0 aliphatic heterocycles. The molecular formula is C9H8ClNO4. The van der Waals surface area contributed by atoms with Crippen molar-refractivity contribution in [2.45, 2.75) is 13.0 Å². The van der Waals surface area contributed by atoms with Gasteiger partial charge in [-0.1, -0.05) is 0 Å². The standard InChI is InChI=1S/C9H8ClNO4/c1-6(9(10)12)15-8-4-2-7(3-5-8)11(13)14/h2-6H,1H3. The second kappa shape index (κ2) is 4.75. The molecule has 0 radical (unpaired) electrons. The molecule has 80 valence electrons. The van der Waals surface area contributed by atoms with E-state index in [0.29, 0.717) is 5.75 Å². The molecule has 0 aromatic heterocycles. The summed E-state index contributed by atoms with van der Waals surface area (Å²) >= 11 is 5.19. The maximum Gasteiger partial charge on any atom is 0.269 e. The van der Waals surface area contributed by atoms with Crippen LogP contribution in [0.3, 0.4) is 0 Å². The van der Waals surface area contributed by atoms with Crippen molar-refractivity contribution in [2.75, 3.05) is 0 Å². The van der Waals surface area contributed by atoms with Gasteiger partial charge in [0, 0.05) is 12.1 Å². The van der Waals surface area contributed by atoms with Gasteiger partial charge in [-0.25, -0.2) is 0 Å². The molecule has 1 rings (SSSR count). The Morgan fingerprint density at radius 2 is 2.00 bits per heavy atom. The summed E-state index contributed by atoms with van der Waals surface area (Å²) in [4.78, 5) is 20.5. The van der Waals surface area contributed by atoms with Gasteiger partial charge >= 0.3 is 0 Å². The van der Waals surface area contributed by atoms with Gasteiger partial charge in [0.05, 0.1) is 4.92 Å². The van der Waals surface area contributed by atoms with E-state index >= 15 is 0 Å². The van der Waals surface area contributed by atoms with Gasteiger partial charge in [0.2, 0.25) is 0 Å². The lowest BCUT2D eigenvalue weighted by molar-refractivity contribution is -0.384. The van der Waals surface area contributed by atoms with Crippen LogP contribution in [-0.2, 0) is 4.79 Å². The molecule has 15 heavy (non-hydrogen) atoms. The van der Waals surface area contributed by atoms with E-state index in [9.17, 15) is 14.9 Å². The third-order valence-corrected chi connectivity index (χ3v) is 1.99. The molecule has 0 bridgehead atoms. The van der Waals surface area contributed by atoms with Crippen LogP contribution in [0, 0.1) is 10.1 Å². The number of hydrogen-bond acceptors (Lipinski definition) is 4. The van der Waals surface area contributed by atoms with E-state index in [1.54, 1.807) is 0 Å². The lowest BCUT2D eigenvalue weighted by Crippen LogP contribution is -2.18. The number of carbonyl (C=O) groups excluding carboxylic acids is 1. The van der Waals surface area contributed by atoms with E-state index in [4.69, 9.17) is 16.3 Å². The average molecular weight is 230 g/mol. The van der Waals surface area contributed by atoms with Gasteiger partial charge in [0.15, 0.2) is 6.10 Å². The predicted octanol–water partition coefficient (Wildman–Crippen LogP) is 2.13. The topological polar surface area (TPSA) is 69.4 Å². The molecule has 0 spiro atoms. The molecule has 0 fully saturated rings. The molecule has 0 amide bonds. The largest absolute Gasteiger partial charge is 0.482 e. The molecule has 0 saturated carbocycles. The molecule has 0 saturated heterocycles. The second-order valence-electron chi connectivity index (χ2n) is 2.82. The summed E-state index contributed by atoms with van der Waals surface area (Å²) < 4.78 is 5.11. The van der Waals surface area contributed by atoms with E-state index in [0.717, 1.165) is 0 Å². The summed E-state index contributed by atoms with van der Waals surface area (Å²) in [5.74, 6) is 0.363. The number of hydrogen-bond donors (Lipinski definition) is 0. The molecule has 1 aromatic rings. The Morgan fingerprint density at radius 1 is 1.47 bits per heavy atom. The van der Waals surface area contributed by atoms with Gasteiger partial charge in [0.1, 0.15) is 5.75 Å². The Bertz CT molecular complexity index is 376. The lowest BCUT2D eigenvalue weighted by atomic mass is 10.3. The van der Waals surface area contributed by atoms with E-state index in [2.05, 4.69) is 0 Å². The van der Waals surface area contributed by atoms with E-state index < -0.39 is 16.3 Å². The van der Waals surface area contributed by atoms with Gasteiger partial charge in [-0.05, 0) is 30.7 Å². The summed E-state index contributed by atoms with van der Waals surface area (Å²) in [6, 6.07) is 5.41.